The molecule has 2 nitrogen and oxygen atoms in total. The lowest BCUT2D eigenvalue weighted by Crippen LogP contribution is -1.93. The summed E-state index contributed by atoms with van der Waals surface area (Å²) in [5.74, 6) is -0.169. The second kappa shape index (κ2) is 3.77. The maximum absolute atomic E-state index is 9.35. The highest BCUT2D eigenvalue weighted by Crippen LogP contribution is 2.26. The van der Waals surface area contributed by atoms with Crippen LogP contribution in [-0.4, -0.2) is 5.11 Å². The van der Waals surface area contributed by atoms with Crippen molar-refractivity contribution in [3.8, 4) is 11.8 Å². The highest BCUT2D eigenvalue weighted by molar-refractivity contribution is 5.50. The van der Waals surface area contributed by atoms with Crippen molar-refractivity contribution in [3.63, 3.8) is 0 Å². The number of phenols is 1. The molecule has 1 atom stereocenters. The molecular weight excluding hydrogens is 162 g/mol. The molecule has 0 saturated heterocycles. The molecule has 1 N–H and O–H groups in total. The van der Waals surface area contributed by atoms with E-state index in [0.717, 1.165) is 0 Å². The predicted molar refractivity (Wildman–Crippen MR) is 51.1 cm³/mol. The molecule has 65 valence electrons. The Bertz CT molecular complexity index is 363. The summed E-state index contributed by atoms with van der Waals surface area (Å²) in [6.07, 6.45) is 1.63. The lowest BCUT2D eigenvalue weighted by Gasteiger charge is -2.08. The second-order valence-electron chi connectivity index (χ2n) is 2.70. The maximum atomic E-state index is 9.35. The number of rotatable bonds is 2. The van der Waals surface area contributed by atoms with Gasteiger partial charge in [0.15, 0.2) is 0 Å². The van der Waals surface area contributed by atoms with Crippen molar-refractivity contribution in [2.24, 2.45) is 0 Å². The van der Waals surface area contributed by atoms with Crippen LogP contribution in [-0.2, 0) is 0 Å². The summed E-state index contributed by atoms with van der Waals surface area (Å²) in [6.45, 7) is 7.38. The predicted octanol–water partition coefficient (Wildman–Crippen LogP) is 2.37. The van der Waals surface area contributed by atoms with Gasteiger partial charge in [0.2, 0.25) is 0 Å². The van der Waals surface area contributed by atoms with Gasteiger partial charge in [-0.15, -0.1) is 6.58 Å². The Hall–Kier alpha value is -1.75. The Morgan fingerprint density at radius 1 is 1.54 bits per heavy atom. The van der Waals surface area contributed by atoms with Crippen LogP contribution in [0.3, 0.4) is 0 Å². The molecule has 0 fully saturated rings. The average Bonchev–Trinajstić information content (AvgIpc) is 2.16. The number of phenolic OH excluding ortho intramolecular Hbond substituents is 1. The zero-order chi connectivity index (χ0) is 9.84. The van der Waals surface area contributed by atoms with Crippen LogP contribution in [0.1, 0.15) is 17.0 Å². The zero-order valence-electron chi connectivity index (χ0n) is 7.20. The van der Waals surface area contributed by atoms with E-state index >= 15 is 0 Å². The van der Waals surface area contributed by atoms with Gasteiger partial charge in [-0.3, -0.25) is 0 Å². The minimum Gasteiger partial charge on any atom is -0.507 e. The molecule has 0 spiro atoms. The van der Waals surface area contributed by atoms with Gasteiger partial charge in [-0.2, -0.15) is 5.26 Å². The first kappa shape index (κ1) is 9.34. The zero-order valence-corrected chi connectivity index (χ0v) is 7.20. The van der Waals surface area contributed by atoms with E-state index in [1.807, 2.05) is 6.07 Å². The van der Waals surface area contributed by atoms with Crippen LogP contribution in [0.2, 0.25) is 0 Å². The van der Waals surface area contributed by atoms with Gasteiger partial charge in [-0.1, -0.05) is 18.2 Å². The van der Waals surface area contributed by atoms with E-state index in [1.54, 1.807) is 18.2 Å². The van der Waals surface area contributed by atoms with Crippen molar-refractivity contribution >= 4 is 0 Å². The van der Waals surface area contributed by atoms with E-state index in [0.29, 0.717) is 5.56 Å². The fourth-order valence-corrected chi connectivity index (χ4v) is 1.12. The number of hydrogen-bond donors (Lipinski definition) is 1. The Balaban J connectivity index is 3.29. The van der Waals surface area contributed by atoms with Crippen LogP contribution in [0.5, 0.6) is 5.75 Å². The molecule has 1 unspecified atom stereocenters. The summed E-state index contributed by atoms with van der Waals surface area (Å²) < 4.78 is 0. The van der Waals surface area contributed by atoms with Gasteiger partial charge in [-0.25, -0.2) is 0 Å². The summed E-state index contributed by atoms with van der Waals surface area (Å²) >= 11 is 0. The van der Waals surface area contributed by atoms with Crippen molar-refractivity contribution in [1.29, 1.82) is 5.26 Å². The van der Waals surface area contributed by atoms with Gasteiger partial charge < -0.3 is 5.11 Å². The van der Waals surface area contributed by atoms with Crippen LogP contribution >= 0.6 is 0 Å². The van der Waals surface area contributed by atoms with Crippen molar-refractivity contribution in [1.82, 2.24) is 0 Å². The van der Waals surface area contributed by atoms with Crippen molar-refractivity contribution < 1.29 is 5.11 Å². The van der Waals surface area contributed by atoms with E-state index in [9.17, 15) is 5.11 Å². The van der Waals surface area contributed by atoms with Crippen LogP contribution < -0.4 is 0 Å². The summed E-state index contributed by atoms with van der Waals surface area (Å²) in [4.78, 5) is 0. The standard InChI is InChI=1S/C11H10NO/c1-3-8(2)9-5-4-6-11(13)10(9)7-12/h3-6,8,13H,1-2H2. The molecule has 1 aromatic rings. The van der Waals surface area contributed by atoms with Gasteiger partial charge in [0.25, 0.3) is 0 Å². The largest absolute Gasteiger partial charge is 0.507 e. The lowest BCUT2D eigenvalue weighted by molar-refractivity contribution is 0.472. The Morgan fingerprint density at radius 2 is 2.23 bits per heavy atom. The van der Waals surface area contributed by atoms with Gasteiger partial charge in [0.05, 0.1) is 5.56 Å². The first-order valence-corrected chi connectivity index (χ1v) is 3.88. The van der Waals surface area contributed by atoms with Crippen molar-refractivity contribution in [2.75, 3.05) is 0 Å². The molecule has 0 saturated carbocycles. The third-order valence-corrected chi connectivity index (χ3v) is 1.87. The molecule has 0 aliphatic rings. The SMILES string of the molecule is [CH2]C(C=C)c1cccc(O)c1C#N. The van der Waals surface area contributed by atoms with E-state index < -0.39 is 0 Å². The van der Waals surface area contributed by atoms with Crippen LogP contribution in [0.25, 0.3) is 0 Å². The van der Waals surface area contributed by atoms with E-state index in [-0.39, 0.29) is 17.2 Å². The van der Waals surface area contributed by atoms with E-state index in [2.05, 4.69) is 13.5 Å². The third-order valence-electron chi connectivity index (χ3n) is 1.87. The number of nitrogens with zero attached hydrogens (tertiary/aromatic N) is 1. The molecule has 0 bridgehead atoms. The molecule has 0 aromatic heterocycles. The Labute approximate surface area is 77.8 Å². The normalized spacial score (nSPS) is 11.7. The molecule has 13 heavy (non-hydrogen) atoms. The second-order valence-corrected chi connectivity index (χ2v) is 2.70. The van der Waals surface area contributed by atoms with E-state index in [1.165, 1.54) is 6.07 Å². The summed E-state index contributed by atoms with van der Waals surface area (Å²) in [5.41, 5.74) is 0.986. The van der Waals surface area contributed by atoms with Crippen molar-refractivity contribution in [3.05, 3.63) is 48.9 Å². The van der Waals surface area contributed by atoms with E-state index in [4.69, 9.17) is 5.26 Å². The fourth-order valence-electron chi connectivity index (χ4n) is 1.12. The van der Waals surface area contributed by atoms with Gasteiger partial charge in [-0.05, 0) is 18.6 Å². The van der Waals surface area contributed by atoms with Crippen LogP contribution in [0.4, 0.5) is 0 Å². The van der Waals surface area contributed by atoms with Gasteiger partial charge in [0.1, 0.15) is 11.8 Å². The molecule has 0 amide bonds. The lowest BCUT2D eigenvalue weighted by atomic mass is 9.96. The molecule has 0 heterocycles. The van der Waals surface area contributed by atoms with Crippen LogP contribution in [0.15, 0.2) is 30.9 Å². The molecule has 1 radical (unpaired) electrons. The van der Waals surface area contributed by atoms with Gasteiger partial charge in [0, 0.05) is 5.92 Å². The van der Waals surface area contributed by atoms with Crippen LogP contribution in [0, 0.1) is 18.3 Å². The molecule has 1 aromatic carbocycles. The Kier molecular flexibility index (Phi) is 2.71. The molecule has 0 aliphatic carbocycles. The summed E-state index contributed by atoms with van der Waals surface area (Å²) in [5, 5.41) is 18.1. The minimum absolute atomic E-state index is 0.00417. The molecule has 1 rings (SSSR count). The van der Waals surface area contributed by atoms with Crippen molar-refractivity contribution in [2.45, 2.75) is 5.92 Å². The molecule has 0 aliphatic heterocycles. The highest BCUT2D eigenvalue weighted by atomic mass is 16.3. The summed E-state index contributed by atoms with van der Waals surface area (Å²) in [6, 6.07) is 6.87. The highest BCUT2D eigenvalue weighted by Gasteiger charge is 2.10. The smallest absolute Gasteiger partial charge is 0.133 e. The number of benzene rings is 1. The fraction of sp³-hybridized carbons (Fsp3) is 0.0909. The first-order chi connectivity index (χ1) is 6.20. The summed E-state index contributed by atoms with van der Waals surface area (Å²) in [7, 11) is 0. The monoisotopic (exact) mass is 172 g/mol. The number of allylic oxidation sites excluding steroid dienone is 1. The molecule has 2 heteroatoms. The minimum atomic E-state index is -0.165. The number of nitriles is 1. The number of aromatic hydroxyl groups is 1. The third kappa shape index (κ3) is 1.70. The molecular formula is C11H10NO. The topological polar surface area (TPSA) is 44.0 Å². The average molecular weight is 172 g/mol. The Morgan fingerprint density at radius 3 is 2.77 bits per heavy atom. The maximum Gasteiger partial charge on any atom is 0.133 e. The number of hydrogen-bond acceptors (Lipinski definition) is 2. The van der Waals surface area contributed by atoms with Gasteiger partial charge >= 0.3 is 0 Å². The first-order valence-electron chi connectivity index (χ1n) is 3.88. The quantitative estimate of drug-likeness (QED) is 0.696.